The standard InChI is InChI=1S/C15H18N2O2/c1-8-6-9(2)12(10(3)7-8)14-13-11(19-17-14)4-5-16-15(13)18/h6-7,11,13H,4-5H2,1-3H3,(H,16,18). The lowest BCUT2D eigenvalue weighted by Crippen LogP contribution is -2.46. The van der Waals surface area contributed by atoms with Crippen LogP contribution in [0.5, 0.6) is 0 Å². The first kappa shape index (κ1) is 12.2. The second-order valence-corrected chi connectivity index (χ2v) is 5.45. The average Bonchev–Trinajstić information content (AvgIpc) is 2.73. The molecule has 2 heterocycles. The molecule has 0 aromatic heterocycles. The predicted octanol–water partition coefficient (Wildman–Crippen LogP) is 1.85. The maximum atomic E-state index is 12.1. The Labute approximate surface area is 112 Å². The maximum Gasteiger partial charge on any atom is 0.233 e. The molecule has 4 nitrogen and oxygen atoms in total. The monoisotopic (exact) mass is 258 g/mol. The van der Waals surface area contributed by atoms with Gasteiger partial charge in [0.1, 0.15) is 17.7 Å². The zero-order chi connectivity index (χ0) is 13.6. The van der Waals surface area contributed by atoms with Crippen LogP contribution in [0.15, 0.2) is 17.3 Å². The van der Waals surface area contributed by atoms with E-state index in [2.05, 4.69) is 43.4 Å². The van der Waals surface area contributed by atoms with Gasteiger partial charge in [-0.05, 0) is 31.9 Å². The fourth-order valence-electron chi connectivity index (χ4n) is 3.16. The van der Waals surface area contributed by atoms with E-state index in [4.69, 9.17) is 4.84 Å². The average molecular weight is 258 g/mol. The second-order valence-electron chi connectivity index (χ2n) is 5.45. The van der Waals surface area contributed by atoms with E-state index in [0.29, 0.717) is 6.54 Å². The van der Waals surface area contributed by atoms with E-state index in [1.165, 1.54) is 5.56 Å². The summed E-state index contributed by atoms with van der Waals surface area (Å²) in [4.78, 5) is 17.5. The van der Waals surface area contributed by atoms with Gasteiger partial charge in [0, 0.05) is 18.5 Å². The normalized spacial score (nSPS) is 25.4. The first-order chi connectivity index (χ1) is 9.08. The Kier molecular flexibility index (Phi) is 2.81. The summed E-state index contributed by atoms with van der Waals surface area (Å²) in [6.07, 6.45) is 0.733. The number of nitrogens with zero attached hydrogens (tertiary/aromatic N) is 1. The van der Waals surface area contributed by atoms with Gasteiger partial charge in [-0.15, -0.1) is 0 Å². The summed E-state index contributed by atoms with van der Waals surface area (Å²) in [6.45, 7) is 6.87. The molecule has 1 aromatic carbocycles. The number of nitrogens with one attached hydrogen (secondary N) is 1. The van der Waals surface area contributed by atoms with Crippen LogP contribution in [-0.4, -0.2) is 24.3 Å². The van der Waals surface area contributed by atoms with Crippen molar-refractivity contribution < 1.29 is 9.63 Å². The van der Waals surface area contributed by atoms with Gasteiger partial charge in [-0.1, -0.05) is 22.9 Å². The molecule has 0 aliphatic carbocycles. The lowest BCUT2D eigenvalue weighted by atomic mass is 9.84. The van der Waals surface area contributed by atoms with Crippen molar-refractivity contribution >= 4 is 11.6 Å². The molecule has 1 saturated heterocycles. The van der Waals surface area contributed by atoms with Crippen LogP contribution in [0.25, 0.3) is 0 Å². The molecule has 2 aliphatic heterocycles. The molecular weight excluding hydrogens is 240 g/mol. The molecule has 1 amide bonds. The molecule has 3 rings (SSSR count). The van der Waals surface area contributed by atoms with Gasteiger partial charge in [0.25, 0.3) is 0 Å². The van der Waals surface area contributed by atoms with Crippen molar-refractivity contribution in [3.8, 4) is 0 Å². The van der Waals surface area contributed by atoms with Crippen LogP contribution in [0.2, 0.25) is 0 Å². The van der Waals surface area contributed by atoms with Gasteiger partial charge in [-0.2, -0.15) is 0 Å². The van der Waals surface area contributed by atoms with E-state index < -0.39 is 0 Å². The minimum Gasteiger partial charge on any atom is -0.391 e. The van der Waals surface area contributed by atoms with Gasteiger partial charge in [0.2, 0.25) is 5.91 Å². The van der Waals surface area contributed by atoms with Gasteiger partial charge in [-0.3, -0.25) is 4.79 Å². The Bertz CT molecular complexity index is 555. The van der Waals surface area contributed by atoms with Crippen molar-refractivity contribution in [3.63, 3.8) is 0 Å². The SMILES string of the molecule is Cc1cc(C)c(C2=NOC3CCNC(=O)C23)c(C)c1. The molecule has 0 saturated carbocycles. The van der Waals surface area contributed by atoms with Crippen LogP contribution in [-0.2, 0) is 9.63 Å². The van der Waals surface area contributed by atoms with E-state index in [1.807, 2.05) is 0 Å². The van der Waals surface area contributed by atoms with Gasteiger partial charge in [0.05, 0.1) is 0 Å². The molecule has 100 valence electrons. The minimum atomic E-state index is -0.256. The van der Waals surface area contributed by atoms with Gasteiger partial charge < -0.3 is 10.2 Å². The first-order valence-corrected chi connectivity index (χ1v) is 6.67. The zero-order valence-corrected chi connectivity index (χ0v) is 11.5. The number of oxime groups is 1. The number of hydrogen-bond acceptors (Lipinski definition) is 3. The molecule has 0 bridgehead atoms. The summed E-state index contributed by atoms with van der Waals surface area (Å²) in [5, 5.41) is 7.11. The highest BCUT2D eigenvalue weighted by atomic mass is 16.6. The summed E-state index contributed by atoms with van der Waals surface area (Å²) in [5.74, 6) is -0.222. The van der Waals surface area contributed by atoms with Crippen molar-refractivity contribution in [2.45, 2.75) is 33.3 Å². The maximum absolute atomic E-state index is 12.1. The van der Waals surface area contributed by atoms with Crippen LogP contribution < -0.4 is 5.32 Å². The van der Waals surface area contributed by atoms with E-state index in [9.17, 15) is 4.79 Å². The highest BCUT2D eigenvalue weighted by molar-refractivity contribution is 6.15. The number of amides is 1. The number of carbonyl (C=O) groups excluding carboxylic acids is 1. The lowest BCUT2D eigenvalue weighted by molar-refractivity contribution is -0.128. The van der Waals surface area contributed by atoms with Gasteiger partial charge in [0.15, 0.2) is 0 Å². The molecule has 2 unspecified atom stereocenters. The highest BCUT2D eigenvalue weighted by Crippen LogP contribution is 2.31. The van der Waals surface area contributed by atoms with Crippen molar-refractivity contribution in [1.82, 2.24) is 5.32 Å². The number of benzene rings is 1. The lowest BCUT2D eigenvalue weighted by Gasteiger charge is -2.24. The minimum absolute atomic E-state index is 0.0341. The number of aryl methyl sites for hydroxylation is 3. The van der Waals surface area contributed by atoms with Crippen molar-refractivity contribution in [2.24, 2.45) is 11.1 Å². The Morgan fingerprint density at radius 1 is 1.26 bits per heavy atom. The molecular formula is C15H18N2O2. The van der Waals surface area contributed by atoms with Crippen LogP contribution in [0, 0.1) is 26.7 Å². The number of fused-ring (bicyclic) bond motifs is 1. The summed E-state index contributed by atoms with van der Waals surface area (Å²) < 4.78 is 0. The Morgan fingerprint density at radius 3 is 2.63 bits per heavy atom. The fourth-order valence-corrected chi connectivity index (χ4v) is 3.16. The topological polar surface area (TPSA) is 50.7 Å². The molecule has 4 heteroatoms. The third-order valence-corrected chi connectivity index (χ3v) is 3.90. The van der Waals surface area contributed by atoms with Crippen LogP contribution in [0.1, 0.15) is 28.7 Å². The summed E-state index contributed by atoms with van der Waals surface area (Å²) in [5.41, 5.74) is 5.38. The first-order valence-electron chi connectivity index (χ1n) is 6.67. The van der Waals surface area contributed by atoms with Crippen molar-refractivity contribution in [2.75, 3.05) is 6.54 Å². The molecule has 1 fully saturated rings. The number of carbonyl (C=O) groups is 1. The van der Waals surface area contributed by atoms with Crippen molar-refractivity contribution in [1.29, 1.82) is 0 Å². The Balaban J connectivity index is 2.06. The smallest absolute Gasteiger partial charge is 0.233 e. The van der Waals surface area contributed by atoms with E-state index in [-0.39, 0.29) is 17.9 Å². The number of rotatable bonds is 1. The highest BCUT2D eigenvalue weighted by Gasteiger charge is 2.43. The summed E-state index contributed by atoms with van der Waals surface area (Å²) >= 11 is 0. The zero-order valence-electron chi connectivity index (χ0n) is 11.5. The summed E-state index contributed by atoms with van der Waals surface area (Å²) in [6, 6.07) is 4.25. The van der Waals surface area contributed by atoms with Gasteiger partial charge >= 0.3 is 0 Å². The largest absolute Gasteiger partial charge is 0.391 e. The Hall–Kier alpha value is -1.84. The van der Waals surface area contributed by atoms with Crippen molar-refractivity contribution in [3.05, 3.63) is 34.4 Å². The van der Waals surface area contributed by atoms with Gasteiger partial charge in [-0.25, -0.2) is 0 Å². The Morgan fingerprint density at radius 2 is 1.95 bits per heavy atom. The molecule has 19 heavy (non-hydrogen) atoms. The predicted molar refractivity (Wildman–Crippen MR) is 73.2 cm³/mol. The third kappa shape index (κ3) is 1.91. The molecule has 0 spiro atoms. The molecule has 1 N–H and O–H groups in total. The fraction of sp³-hybridized carbons (Fsp3) is 0.467. The van der Waals surface area contributed by atoms with Crippen LogP contribution >= 0.6 is 0 Å². The van der Waals surface area contributed by atoms with Crippen LogP contribution in [0.3, 0.4) is 0 Å². The third-order valence-electron chi connectivity index (χ3n) is 3.90. The quantitative estimate of drug-likeness (QED) is 0.835. The molecule has 2 aliphatic rings. The number of hydrogen-bond donors (Lipinski definition) is 1. The van der Waals surface area contributed by atoms with Crippen LogP contribution in [0.4, 0.5) is 0 Å². The van der Waals surface area contributed by atoms with E-state index in [1.54, 1.807) is 0 Å². The van der Waals surface area contributed by atoms with E-state index >= 15 is 0 Å². The molecule has 1 aromatic rings. The second kappa shape index (κ2) is 4.37. The summed E-state index contributed by atoms with van der Waals surface area (Å²) in [7, 11) is 0. The van der Waals surface area contributed by atoms with E-state index in [0.717, 1.165) is 28.8 Å². The molecule has 2 atom stereocenters. The number of piperidine rings is 1. The molecule has 0 radical (unpaired) electrons.